The van der Waals surface area contributed by atoms with E-state index in [2.05, 4.69) is 41.8 Å². The lowest BCUT2D eigenvalue weighted by Gasteiger charge is -2.12. The number of hydrogen-bond acceptors (Lipinski definition) is 4. The zero-order valence-corrected chi connectivity index (χ0v) is 29.5. The molecule has 44 heavy (non-hydrogen) atoms. The molecule has 12 heteroatoms. The lowest BCUT2D eigenvalue weighted by atomic mass is 10.2. The molecule has 0 saturated heterocycles. The number of hydrogen-bond donors (Lipinski definition) is 1. The minimum Gasteiger partial charge on any atom is -0.461 e. The molecule has 0 atom stereocenters. The zero-order valence-electron chi connectivity index (χ0n) is 23.3. The van der Waals surface area contributed by atoms with Gasteiger partial charge in [0.2, 0.25) is 0 Å². The highest BCUT2D eigenvalue weighted by Gasteiger charge is 2.23. The highest BCUT2D eigenvalue weighted by Crippen LogP contribution is 2.33. The Morgan fingerprint density at radius 3 is 2.00 bits per heavy atom. The Balaban J connectivity index is 0.000000215. The van der Waals surface area contributed by atoms with Gasteiger partial charge >= 0.3 is 5.97 Å². The molecule has 5 rings (SSSR count). The Morgan fingerprint density at radius 2 is 1.43 bits per heavy atom. The van der Waals surface area contributed by atoms with Crippen LogP contribution in [0.4, 0.5) is 5.69 Å². The number of nitrogens with two attached hydrogens (primary N) is 1. The van der Waals surface area contributed by atoms with Crippen LogP contribution in [0.15, 0.2) is 98.9 Å². The third-order valence-electron chi connectivity index (χ3n) is 6.12. The van der Waals surface area contributed by atoms with Gasteiger partial charge < -0.3 is 10.5 Å². The number of amidine groups is 1. The first-order chi connectivity index (χ1) is 21.0. The number of rotatable bonds is 6. The summed E-state index contributed by atoms with van der Waals surface area (Å²) in [5.74, 6) is 0.445. The van der Waals surface area contributed by atoms with Crippen LogP contribution in [0.2, 0.25) is 20.1 Å². The SMILES string of the molecule is CCOC(=O)c1nc(-c2ccc(Cl)cc2Cl)n(-c2ccc(Br)cc2)c1C.NC(=Nc1ccc(Br)cc1)c1ccc(Cl)cc1Cl. The average Bonchev–Trinajstić information content (AvgIpc) is 3.31. The zero-order chi connectivity index (χ0) is 32.0. The quantitative estimate of drug-likeness (QED) is 0.105. The molecule has 1 heterocycles. The summed E-state index contributed by atoms with van der Waals surface area (Å²) in [6.45, 7) is 3.87. The first-order valence-electron chi connectivity index (χ1n) is 13.0. The largest absolute Gasteiger partial charge is 0.461 e. The highest BCUT2D eigenvalue weighted by atomic mass is 79.9. The van der Waals surface area contributed by atoms with Crippen LogP contribution >= 0.6 is 78.3 Å². The van der Waals surface area contributed by atoms with E-state index in [1.807, 2.05) is 60.0 Å². The molecular weight excluding hydrogens is 774 g/mol. The third kappa shape index (κ3) is 8.44. The van der Waals surface area contributed by atoms with Gasteiger partial charge in [-0.1, -0.05) is 78.3 Å². The van der Waals surface area contributed by atoms with Crippen LogP contribution in [0.5, 0.6) is 0 Å². The van der Waals surface area contributed by atoms with Gasteiger partial charge in [0.25, 0.3) is 0 Å². The van der Waals surface area contributed by atoms with Crippen LogP contribution in [0.25, 0.3) is 17.1 Å². The van der Waals surface area contributed by atoms with Crippen molar-refractivity contribution in [2.24, 2.45) is 10.7 Å². The number of nitrogens with zero attached hydrogens (tertiary/aromatic N) is 3. The lowest BCUT2D eigenvalue weighted by molar-refractivity contribution is 0.0519. The smallest absolute Gasteiger partial charge is 0.358 e. The van der Waals surface area contributed by atoms with Gasteiger partial charge in [-0.15, -0.1) is 0 Å². The van der Waals surface area contributed by atoms with Crippen molar-refractivity contribution in [2.45, 2.75) is 13.8 Å². The maximum atomic E-state index is 12.3. The van der Waals surface area contributed by atoms with E-state index in [0.717, 1.165) is 20.3 Å². The number of benzene rings is 4. The summed E-state index contributed by atoms with van der Waals surface area (Å²) in [5, 5.41) is 2.04. The van der Waals surface area contributed by atoms with Gasteiger partial charge in [0.05, 0.1) is 28.0 Å². The number of esters is 1. The maximum Gasteiger partial charge on any atom is 0.358 e. The van der Waals surface area contributed by atoms with Crippen LogP contribution < -0.4 is 5.73 Å². The second kappa shape index (κ2) is 15.4. The van der Waals surface area contributed by atoms with Gasteiger partial charge in [-0.3, -0.25) is 4.57 Å². The molecule has 1 aromatic heterocycles. The van der Waals surface area contributed by atoms with Crippen molar-refractivity contribution in [3.05, 3.63) is 131 Å². The van der Waals surface area contributed by atoms with Crippen LogP contribution in [0.1, 0.15) is 28.7 Å². The predicted octanol–water partition coefficient (Wildman–Crippen LogP) is 10.9. The standard InChI is InChI=1S/C19H15BrCl2N2O2.C13H9BrCl2N2/c1-3-26-19(25)17-11(2)24(14-7-4-12(20)5-8-14)18(23-17)15-9-6-13(21)10-16(15)22;14-8-1-4-10(5-2-8)18-13(17)11-6-3-9(15)7-12(11)16/h4-10H,3H2,1-2H3;1-7H,(H2,17,18). The Kier molecular flexibility index (Phi) is 11.9. The van der Waals surface area contributed by atoms with Crippen molar-refractivity contribution in [1.82, 2.24) is 9.55 Å². The number of halogens is 6. The molecule has 0 amide bonds. The van der Waals surface area contributed by atoms with Gasteiger partial charge in [-0.05, 0) is 98.8 Å². The normalized spacial score (nSPS) is 11.1. The van der Waals surface area contributed by atoms with Gasteiger partial charge in [0.1, 0.15) is 11.7 Å². The van der Waals surface area contributed by atoms with E-state index in [4.69, 9.17) is 56.9 Å². The molecule has 0 radical (unpaired) electrons. The summed E-state index contributed by atoms with van der Waals surface area (Å²) in [4.78, 5) is 21.2. The van der Waals surface area contributed by atoms with Crippen molar-refractivity contribution in [1.29, 1.82) is 0 Å². The summed E-state index contributed by atoms with van der Waals surface area (Å²) in [6, 6.07) is 25.5. The van der Waals surface area contributed by atoms with E-state index in [0.29, 0.717) is 48.6 Å². The number of carbonyl (C=O) groups is 1. The number of aromatic nitrogens is 2. The van der Waals surface area contributed by atoms with Crippen molar-refractivity contribution >= 4 is 95.8 Å². The third-order valence-corrected chi connectivity index (χ3v) is 8.27. The van der Waals surface area contributed by atoms with Crippen molar-refractivity contribution in [3.63, 3.8) is 0 Å². The summed E-state index contributed by atoms with van der Waals surface area (Å²) < 4.78 is 8.97. The van der Waals surface area contributed by atoms with Crippen LogP contribution in [0, 0.1) is 6.92 Å². The highest BCUT2D eigenvalue weighted by molar-refractivity contribution is 9.10. The molecule has 0 bridgehead atoms. The Bertz CT molecular complexity index is 1830. The monoisotopic (exact) mass is 794 g/mol. The Morgan fingerprint density at radius 1 is 0.864 bits per heavy atom. The van der Waals surface area contributed by atoms with E-state index in [1.165, 1.54) is 0 Å². The molecule has 6 nitrogen and oxygen atoms in total. The van der Waals surface area contributed by atoms with E-state index in [1.54, 1.807) is 43.3 Å². The molecule has 0 aliphatic heterocycles. The predicted molar refractivity (Wildman–Crippen MR) is 188 cm³/mol. The average molecular weight is 798 g/mol. The van der Waals surface area contributed by atoms with Gasteiger partial charge in [0.15, 0.2) is 5.69 Å². The fourth-order valence-corrected chi connectivity index (χ4v) is 5.59. The first kappa shape index (κ1) is 34.0. The van der Waals surface area contributed by atoms with E-state index in [-0.39, 0.29) is 12.3 Å². The summed E-state index contributed by atoms with van der Waals surface area (Å²) in [7, 11) is 0. The second-order valence-corrected chi connectivity index (χ2v) is 12.6. The van der Waals surface area contributed by atoms with Gasteiger partial charge in [-0.25, -0.2) is 14.8 Å². The summed E-state index contributed by atoms with van der Waals surface area (Å²) in [6.07, 6.45) is 0. The van der Waals surface area contributed by atoms with Gasteiger partial charge in [-0.2, -0.15) is 0 Å². The molecule has 0 aliphatic carbocycles. The van der Waals surface area contributed by atoms with Crippen LogP contribution in [-0.4, -0.2) is 28.0 Å². The Hall–Kier alpha value is -2.85. The second-order valence-electron chi connectivity index (χ2n) is 9.12. The summed E-state index contributed by atoms with van der Waals surface area (Å²) in [5.41, 5.74) is 9.83. The van der Waals surface area contributed by atoms with Gasteiger partial charge in [0, 0.05) is 35.8 Å². The van der Waals surface area contributed by atoms with Crippen LogP contribution in [0.3, 0.4) is 0 Å². The minimum atomic E-state index is -0.466. The van der Waals surface area contributed by atoms with E-state index < -0.39 is 5.97 Å². The maximum absolute atomic E-state index is 12.3. The molecule has 0 spiro atoms. The molecule has 0 aliphatic rings. The van der Waals surface area contributed by atoms with Crippen molar-refractivity contribution in [3.8, 4) is 17.1 Å². The number of aliphatic imine (C=N–C) groups is 1. The van der Waals surface area contributed by atoms with Crippen molar-refractivity contribution in [2.75, 3.05) is 6.61 Å². The number of ether oxygens (including phenoxy) is 1. The molecule has 4 aromatic carbocycles. The molecule has 0 unspecified atom stereocenters. The molecular formula is C32H24Br2Cl4N4O2. The number of imidazole rings is 1. The van der Waals surface area contributed by atoms with Crippen LogP contribution in [-0.2, 0) is 4.74 Å². The molecule has 2 N–H and O–H groups in total. The first-order valence-corrected chi connectivity index (χ1v) is 16.1. The molecule has 0 saturated carbocycles. The summed E-state index contributed by atoms with van der Waals surface area (Å²) >= 11 is 31.1. The minimum absolute atomic E-state index is 0.260. The number of carbonyl (C=O) groups excluding carboxylic acids is 1. The molecule has 0 fully saturated rings. The van der Waals surface area contributed by atoms with E-state index in [9.17, 15) is 4.79 Å². The molecule has 5 aromatic rings. The fourth-order valence-electron chi connectivity index (χ4n) is 4.06. The Labute approximate surface area is 292 Å². The lowest BCUT2D eigenvalue weighted by Crippen LogP contribution is -2.13. The molecule has 226 valence electrons. The fraction of sp³-hybridized carbons (Fsp3) is 0.0938. The van der Waals surface area contributed by atoms with E-state index >= 15 is 0 Å². The topological polar surface area (TPSA) is 82.5 Å². The van der Waals surface area contributed by atoms with Crippen molar-refractivity contribution < 1.29 is 9.53 Å².